The van der Waals surface area contributed by atoms with Gasteiger partial charge >= 0.3 is 0 Å². The van der Waals surface area contributed by atoms with Crippen LogP contribution >= 0.6 is 22.7 Å². The number of thiazole rings is 1. The van der Waals surface area contributed by atoms with Crippen LogP contribution < -0.4 is 4.72 Å². The minimum atomic E-state index is -3.34. The molecular weight excluding hydrogens is 276 g/mol. The molecule has 2 aromatic heterocycles. The van der Waals surface area contributed by atoms with E-state index >= 15 is 0 Å². The molecule has 0 aliphatic carbocycles. The normalized spacial score (nSPS) is 11.8. The Bertz CT molecular complexity index is 572. The Kier molecular flexibility index (Phi) is 3.93. The number of hydrogen-bond acceptors (Lipinski definition) is 5. The lowest BCUT2D eigenvalue weighted by molar-refractivity contribution is 0.584. The van der Waals surface area contributed by atoms with Crippen molar-refractivity contribution in [3.8, 4) is 0 Å². The third kappa shape index (κ3) is 3.35. The van der Waals surface area contributed by atoms with Crippen LogP contribution in [0.1, 0.15) is 9.75 Å². The van der Waals surface area contributed by atoms with E-state index in [-0.39, 0.29) is 0 Å². The predicted molar refractivity (Wildman–Crippen MR) is 70.1 cm³/mol. The van der Waals surface area contributed by atoms with Crippen molar-refractivity contribution in [2.24, 2.45) is 0 Å². The standard InChI is InChI=1S/C10H12N2O2S3/c1-8-2-3-10(16-8)17(13,14)12-5-4-9-6-11-7-15-9/h2-3,6-7,12H,4-5H2,1H3. The molecule has 0 aliphatic rings. The monoisotopic (exact) mass is 288 g/mol. The van der Waals surface area contributed by atoms with Crippen LogP contribution in [-0.4, -0.2) is 19.9 Å². The third-order valence-electron chi connectivity index (χ3n) is 2.13. The molecule has 4 nitrogen and oxygen atoms in total. The average Bonchev–Trinajstić information content (AvgIpc) is 2.89. The number of nitrogens with zero attached hydrogens (tertiary/aromatic N) is 1. The fourth-order valence-electron chi connectivity index (χ4n) is 1.30. The van der Waals surface area contributed by atoms with Crippen LogP contribution in [0.25, 0.3) is 0 Å². The summed E-state index contributed by atoms with van der Waals surface area (Å²) in [5.74, 6) is 0. The minimum absolute atomic E-state index is 0.374. The molecule has 1 N–H and O–H groups in total. The second-order valence-corrected chi connectivity index (χ2v) is 7.73. The highest BCUT2D eigenvalue weighted by molar-refractivity contribution is 7.91. The first-order valence-electron chi connectivity index (χ1n) is 5.01. The van der Waals surface area contributed by atoms with E-state index in [9.17, 15) is 8.42 Å². The van der Waals surface area contributed by atoms with Crippen LogP contribution in [0.2, 0.25) is 0 Å². The number of thiophene rings is 1. The molecule has 7 heteroatoms. The Morgan fingerprint density at radius 3 is 2.82 bits per heavy atom. The highest BCUT2D eigenvalue weighted by Gasteiger charge is 2.15. The van der Waals surface area contributed by atoms with E-state index < -0.39 is 10.0 Å². The summed E-state index contributed by atoms with van der Waals surface area (Å²) in [7, 11) is -3.34. The van der Waals surface area contributed by atoms with E-state index in [2.05, 4.69) is 9.71 Å². The fourth-order valence-corrected chi connectivity index (χ4v) is 4.26. The first kappa shape index (κ1) is 12.7. The first-order valence-corrected chi connectivity index (χ1v) is 8.19. The van der Waals surface area contributed by atoms with Crippen LogP contribution in [-0.2, 0) is 16.4 Å². The van der Waals surface area contributed by atoms with Gasteiger partial charge < -0.3 is 0 Å². The molecule has 2 rings (SSSR count). The van der Waals surface area contributed by atoms with Gasteiger partial charge in [-0.05, 0) is 25.5 Å². The zero-order valence-corrected chi connectivity index (χ0v) is 11.7. The molecule has 0 spiro atoms. The van der Waals surface area contributed by atoms with Crippen molar-refractivity contribution in [3.05, 3.63) is 33.6 Å². The molecule has 92 valence electrons. The molecule has 0 saturated heterocycles. The number of sulfonamides is 1. The smallest absolute Gasteiger partial charge is 0.250 e. The van der Waals surface area contributed by atoms with Crippen LogP contribution in [0.15, 0.2) is 28.0 Å². The van der Waals surface area contributed by atoms with Gasteiger partial charge in [0.2, 0.25) is 10.0 Å². The summed E-state index contributed by atoms with van der Waals surface area (Å²) in [5.41, 5.74) is 1.74. The van der Waals surface area contributed by atoms with Gasteiger partial charge in [-0.2, -0.15) is 0 Å². The summed E-state index contributed by atoms with van der Waals surface area (Å²) < 4.78 is 26.7. The van der Waals surface area contributed by atoms with Crippen molar-refractivity contribution in [2.45, 2.75) is 17.6 Å². The van der Waals surface area contributed by atoms with E-state index in [4.69, 9.17) is 0 Å². The van der Waals surface area contributed by atoms with Crippen molar-refractivity contribution >= 4 is 32.7 Å². The Balaban J connectivity index is 1.94. The summed E-state index contributed by atoms with van der Waals surface area (Å²) >= 11 is 2.81. The molecular formula is C10H12N2O2S3. The molecule has 2 aromatic rings. The first-order chi connectivity index (χ1) is 8.08. The molecule has 0 unspecified atom stereocenters. The number of hydrogen-bond donors (Lipinski definition) is 1. The predicted octanol–water partition coefficient (Wildman–Crippen LogP) is 2.03. The van der Waals surface area contributed by atoms with E-state index in [0.29, 0.717) is 17.2 Å². The van der Waals surface area contributed by atoms with Crippen molar-refractivity contribution in [2.75, 3.05) is 6.54 Å². The summed E-state index contributed by atoms with van der Waals surface area (Å²) in [5, 5.41) is 0. The number of nitrogens with one attached hydrogen (secondary N) is 1. The van der Waals surface area contributed by atoms with Gasteiger partial charge in [-0.3, -0.25) is 4.98 Å². The van der Waals surface area contributed by atoms with Crippen molar-refractivity contribution in [1.29, 1.82) is 0 Å². The maximum absolute atomic E-state index is 11.9. The zero-order valence-electron chi connectivity index (χ0n) is 9.21. The largest absolute Gasteiger partial charge is 0.253 e. The Labute approximate surface area is 108 Å². The summed E-state index contributed by atoms with van der Waals surface area (Å²) in [4.78, 5) is 6.01. The lowest BCUT2D eigenvalue weighted by atomic mass is 10.4. The number of aromatic nitrogens is 1. The molecule has 0 aliphatic heterocycles. The highest BCUT2D eigenvalue weighted by atomic mass is 32.2. The second-order valence-electron chi connectivity index (χ2n) is 3.48. The van der Waals surface area contributed by atoms with E-state index in [0.717, 1.165) is 9.75 Å². The molecule has 0 saturated carbocycles. The zero-order chi connectivity index (χ0) is 12.3. The van der Waals surface area contributed by atoms with Crippen molar-refractivity contribution in [3.63, 3.8) is 0 Å². The van der Waals surface area contributed by atoms with Gasteiger partial charge in [0.1, 0.15) is 4.21 Å². The third-order valence-corrected chi connectivity index (χ3v) is 5.92. The number of aryl methyl sites for hydroxylation is 1. The molecule has 0 amide bonds. The Morgan fingerprint density at radius 2 is 2.24 bits per heavy atom. The average molecular weight is 288 g/mol. The van der Waals surface area contributed by atoms with Gasteiger partial charge in [-0.15, -0.1) is 22.7 Å². The summed E-state index contributed by atoms with van der Waals surface area (Å²) in [6.07, 6.45) is 2.43. The van der Waals surface area contributed by atoms with E-state index in [1.54, 1.807) is 17.8 Å². The number of rotatable bonds is 5. The Morgan fingerprint density at radius 1 is 1.41 bits per heavy atom. The molecule has 0 atom stereocenters. The Hall–Kier alpha value is -0.760. The minimum Gasteiger partial charge on any atom is -0.253 e. The molecule has 0 radical (unpaired) electrons. The maximum Gasteiger partial charge on any atom is 0.250 e. The molecule has 2 heterocycles. The molecule has 0 bridgehead atoms. The van der Waals surface area contributed by atoms with Gasteiger partial charge in [-0.1, -0.05) is 0 Å². The maximum atomic E-state index is 11.9. The van der Waals surface area contributed by atoms with Crippen molar-refractivity contribution < 1.29 is 8.42 Å². The lowest BCUT2D eigenvalue weighted by Gasteiger charge is -2.02. The summed E-state index contributed by atoms with van der Waals surface area (Å²) in [6.45, 7) is 2.29. The topological polar surface area (TPSA) is 59.1 Å². The van der Waals surface area contributed by atoms with Gasteiger partial charge in [0.25, 0.3) is 0 Å². The molecule has 17 heavy (non-hydrogen) atoms. The quantitative estimate of drug-likeness (QED) is 0.916. The molecule has 0 aromatic carbocycles. The van der Waals surface area contributed by atoms with Crippen molar-refractivity contribution in [1.82, 2.24) is 9.71 Å². The van der Waals surface area contributed by atoms with Crippen LogP contribution in [0.3, 0.4) is 0 Å². The van der Waals surface area contributed by atoms with Crippen LogP contribution in [0.4, 0.5) is 0 Å². The van der Waals surface area contributed by atoms with Gasteiger partial charge in [-0.25, -0.2) is 13.1 Å². The second kappa shape index (κ2) is 5.26. The molecule has 0 fully saturated rings. The highest BCUT2D eigenvalue weighted by Crippen LogP contribution is 2.20. The van der Waals surface area contributed by atoms with Gasteiger partial charge in [0, 0.05) is 22.5 Å². The van der Waals surface area contributed by atoms with Crippen LogP contribution in [0, 0.1) is 6.92 Å². The van der Waals surface area contributed by atoms with E-state index in [1.807, 2.05) is 13.0 Å². The summed E-state index contributed by atoms with van der Waals surface area (Å²) in [6, 6.07) is 3.44. The van der Waals surface area contributed by atoms with Gasteiger partial charge in [0.05, 0.1) is 5.51 Å². The lowest BCUT2D eigenvalue weighted by Crippen LogP contribution is -2.25. The van der Waals surface area contributed by atoms with Gasteiger partial charge in [0.15, 0.2) is 0 Å². The fraction of sp³-hybridized carbons (Fsp3) is 0.300. The van der Waals surface area contributed by atoms with E-state index in [1.165, 1.54) is 22.7 Å². The SMILES string of the molecule is Cc1ccc(S(=O)(=O)NCCc2cncs2)s1. The van der Waals surface area contributed by atoms with Crippen LogP contribution in [0.5, 0.6) is 0 Å².